The van der Waals surface area contributed by atoms with Crippen molar-refractivity contribution >= 4 is 5.69 Å². The first-order valence-electron chi connectivity index (χ1n) is 7.81. The zero-order chi connectivity index (χ0) is 15.0. The molecule has 4 unspecified atom stereocenters. The van der Waals surface area contributed by atoms with E-state index in [1.54, 1.807) is 12.1 Å². The van der Waals surface area contributed by atoms with E-state index in [1.165, 1.54) is 12.8 Å². The summed E-state index contributed by atoms with van der Waals surface area (Å²) in [6.07, 6.45) is 3.59. The second-order valence-corrected chi connectivity index (χ2v) is 6.46. The van der Waals surface area contributed by atoms with Crippen molar-refractivity contribution in [2.24, 2.45) is 17.6 Å². The van der Waals surface area contributed by atoms with Crippen molar-refractivity contribution in [2.45, 2.75) is 38.3 Å². The van der Waals surface area contributed by atoms with Gasteiger partial charge in [-0.2, -0.15) is 0 Å². The van der Waals surface area contributed by atoms with Crippen molar-refractivity contribution in [1.82, 2.24) is 4.90 Å². The molecular weight excluding hydrogens is 266 g/mol. The number of likely N-dealkylation sites (tertiary alicyclic amines) is 1. The molecule has 2 fully saturated rings. The minimum Gasteiger partial charge on any atom is -0.327 e. The Labute approximate surface area is 125 Å². The molecule has 2 N–H and O–H groups in total. The lowest BCUT2D eigenvalue weighted by Crippen LogP contribution is -2.38. The predicted octanol–water partition coefficient (Wildman–Crippen LogP) is 2.72. The maximum absolute atomic E-state index is 11.2. The highest BCUT2D eigenvalue weighted by molar-refractivity contribution is 5.41. The van der Waals surface area contributed by atoms with Gasteiger partial charge in [0.1, 0.15) is 0 Å². The van der Waals surface area contributed by atoms with Gasteiger partial charge in [0.25, 0.3) is 5.69 Å². The number of nitrogens with two attached hydrogens (primary N) is 1. The summed E-state index contributed by atoms with van der Waals surface area (Å²) in [6.45, 7) is 4.07. The largest absolute Gasteiger partial charge is 0.327 e. The number of fused-ring (bicyclic) bond motifs is 1. The van der Waals surface area contributed by atoms with E-state index in [0.29, 0.717) is 17.9 Å². The second kappa shape index (κ2) is 5.73. The third kappa shape index (κ3) is 2.68. The molecule has 1 heterocycles. The molecule has 21 heavy (non-hydrogen) atoms. The normalized spacial score (nSPS) is 30.9. The number of rotatable bonds is 3. The average Bonchev–Trinajstić information content (AvgIpc) is 2.92. The fourth-order valence-corrected chi connectivity index (χ4v) is 4.07. The number of para-hydroxylation sites is 1. The van der Waals surface area contributed by atoms with E-state index >= 15 is 0 Å². The fraction of sp³-hybridized carbons (Fsp3) is 0.625. The molecule has 114 valence electrons. The van der Waals surface area contributed by atoms with E-state index in [4.69, 9.17) is 5.73 Å². The van der Waals surface area contributed by atoms with Crippen molar-refractivity contribution in [3.63, 3.8) is 0 Å². The second-order valence-electron chi connectivity index (χ2n) is 6.46. The van der Waals surface area contributed by atoms with Crippen molar-refractivity contribution in [3.05, 3.63) is 39.9 Å². The Morgan fingerprint density at radius 3 is 2.81 bits per heavy atom. The minimum atomic E-state index is -0.277. The van der Waals surface area contributed by atoms with Crippen LogP contribution in [-0.4, -0.2) is 29.0 Å². The third-order valence-electron chi connectivity index (χ3n) is 5.31. The quantitative estimate of drug-likeness (QED) is 0.686. The lowest BCUT2D eigenvalue weighted by atomic mass is 9.78. The van der Waals surface area contributed by atoms with Crippen molar-refractivity contribution in [2.75, 3.05) is 13.1 Å². The number of hydrogen-bond acceptors (Lipinski definition) is 4. The standard InChI is InChI=1S/C16H23N3O2/c1-11(13-6-2-3-8-16(13)19(20)21)18-9-12-5-4-7-15(17)14(12)10-18/h2-3,6,8,11-12,14-15H,4-5,7,9-10,17H2,1H3. The maximum atomic E-state index is 11.2. The Bertz CT molecular complexity index is 534. The van der Waals surface area contributed by atoms with E-state index in [2.05, 4.69) is 11.8 Å². The molecule has 0 amide bonds. The summed E-state index contributed by atoms with van der Waals surface area (Å²) in [4.78, 5) is 13.3. The number of nitro benzene ring substituents is 1. The van der Waals surface area contributed by atoms with Gasteiger partial charge in [-0.3, -0.25) is 15.0 Å². The number of nitro groups is 1. The summed E-state index contributed by atoms with van der Waals surface area (Å²) in [5.41, 5.74) is 7.30. The lowest BCUT2D eigenvalue weighted by Gasteiger charge is -2.30. The molecule has 2 aliphatic rings. The first kappa shape index (κ1) is 14.5. The zero-order valence-electron chi connectivity index (χ0n) is 12.4. The van der Waals surface area contributed by atoms with E-state index < -0.39 is 0 Å². The highest BCUT2D eigenvalue weighted by Crippen LogP contribution is 2.40. The van der Waals surface area contributed by atoms with Gasteiger partial charge in [0.05, 0.1) is 4.92 Å². The van der Waals surface area contributed by atoms with Crippen LogP contribution in [-0.2, 0) is 0 Å². The Balaban J connectivity index is 1.80. The molecule has 1 saturated heterocycles. The number of benzene rings is 1. The van der Waals surface area contributed by atoms with Crippen LogP contribution in [0.15, 0.2) is 24.3 Å². The summed E-state index contributed by atoms with van der Waals surface area (Å²) in [7, 11) is 0. The summed E-state index contributed by atoms with van der Waals surface area (Å²) in [6, 6.07) is 7.46. The van der Waals surface area contributed by atoms with Gasteiger partial charge in [-0.05, 0) is 31.6 Å². The summed E-state index contributed by atoms with van der Waals surface area (Å²) in [5.74, 6) is 1.22. The van der Waals surface area contributed by atoms with Gasteiger partial charge in [-0.25, -0.2) is 0 Å². The van der Waals surface area contributed by atoms with Crippen molar-refractivity contribution in [1.29, 1.82) is 0 Å². The molecular formula is C16H23N3O2. The third-order valence-corrected chi connectivity index (χ3v) is 5.31. The van der Waals surface area contributed by atoms with Crippen LogP contribution in [0.1, 0.15) is 37.8 Å². The molecule has 1 aromatic rings. The number of nitrogens with zero attached hydrogens (tertiary/aromatic N) is 2. The molecule has 1 aliphatic carbocycles. The minimum absolute atomic E-state index is 0.0735. The Hall–Kier alpha value is -1.46. The maximum Gasteiger partial charge on any atom is 0.274 e. The van der Waals surface area contributed by atoms with Crippen LogP contribution in [0.3, 0.4) is 0 Å². The lowest BCUT2D eigenvalue weighted by molar-refractivity contribution is -0.386. The van der Waals surface area contributed by atoms with Gasteiger partial charge < -0.3 is 5.73 Å². The summed E-state index contributed by atoms with van der Waals surface area (Å²) >= 11 is 0. The summed E-state index contributed by atoms with van der Waals surface area (Å²) < 4.78 is 0. The monoisotopic (exact) mass is 289 g/mol. The van der Waals surface area contributed by atoms with E-state index in [1.807, 2.05) is 12.1 Å². The topological polar surface area (TPSA) is 72.4 Å². The van der Waals surface area contributed by atoms with Crippen molar-refractivity contribution < 1.29 is 4.92 Å². The van der Waals surface area contributed by atoms with E-state index in [-0.39, 0.29) is 16.7 Å². The first-order valence-corrected chi connectivity index (χ1v) is 7.81. The van der Waals surface area contributed by atoms with E-state index in [9.17, 15) is 10.1 Å². The Morgan fingerprint density at radius 2 is 2.10 bits per heavy atom. The van der Waals surface area contributed by atoms with Gasteiger partial charge in [0.15, 0.2) is 0 Å². The molecule has 0 bridgehead atoms. The van der Waals surface area contributed by atoms with Gasteiger partial charge in [0, 0.05) is 36.8 Å². The van der Waals surface area contributed by atoms with Crippen LogP contribution in [0.25, 0.3) is 0 Å². The molecule has 1 aliphatic heterocycles. The Morgan fingerprint density at radius 1 is 1.33 bits per heavy atom. The van der Waals surface area contributed by atoms with Gasteiger partial charge >= 0.3 is 0 Å². The highest BCUT2D eigenvalue weighted by Gasteiger charge is 2.40. The molecule has 4 atom stereocenters. The van der Waals surface area contributed by atoms with Crippen LogP contribution in [0.4, 0.5) is 5.69 Å². The molecule has 5 nitrogen and oxygen atoms in total. The van der Waals surface area contributed by atoms with Gasteiger partial charge in [-0.1, -0.05) is 24.6 Å². The highest BCUT2D eigenvalue weighted by atomic mass is 16.6. The van der Waals surface area contributed by atoms with Gasteiger partial charge in [0.2, 0.25) is 0 Å². The predicted molar refractivity (Wildman–Crippen MR) is 81.9 cm³/mol. The van der Waals surface area contributed by atoms with Crippen LogP contribution >= 0.6 is 0 Å². The smallest absolute Gasteiger partial charge is 0.274 e. The summed E-state index contributed by atoms with van der Waals surface area (Å²) in [5, 5.41) is 11.2. The fourth-order valence-electron chi connectivity index (χ4n) is 4.07. The molecule has 1 saturated carbocycles. The van der Waals surface area contributed by atoms with E-state index in [0.717, 1.165) is 25.1 Å². The molecule has 1 aromatic carbocycles. The van der Waals surface area contributed by atoms with Crippen LogP contribution in [0.5, 0.6) is 0 Å². The van der Waals surface area contributed by atoms with Gasteiger partial charge in [-0.15, -0.1) is 0 Å². The van der Waals surface area contributed by atoms with Crippen LogP contribution in [0.2, 0.25) is 0 Å². The first-order chi connectivity index (χ1) is 10.1. The molecule has 0 radical (unpaired) electrons. The SMILES string of the molecule is CC(c1ccccc1[N+](=O)[O-])N1CC2CCCC(N)C2C1. The van der Waals surface area contributed by atoms with Crippen LogP contribution < -0.4 is 5.73 Å². The number of hydrogen-bond donors (Lipinski definition) is 1. The molecule has 0 spiro atoms. The molecule has 0 aromatic heterocycles. The van der Waals surface area contributed by atoms with Crippen molar-refractivity contribution in [3.8, 4) is 0 Å². The zero-order valence-corrected chi connectivity index (χ0v) is 12.4. The Kier molecular flexibility index (Phi) is 3.95. The molecule has 5 heteroatoms. The van der Waals surface area contributed by atoms with Crippen LogP contribution in [0, 0.1) is 22.0 Å². The average molecular weight is 289 g/mol. The molecule has 3 rings (SSSR count).